The lowest BCUT2D eigenvalue weighted by molar-refractivity contribution is 0.0601. The fourth-order valence-corrected chi connectivity index (χ4v) is 2.43. The lowest BCUT2D eigenvalue weighted by Gasteiger charge is -2.13. The lowest BCUT2D eigenvalue weighted by atomic mass is 10.2. The van der Waals surface area contributed by atoms with Crippen LogP contribution < -0.4 is 16.4 Å². The molecule has 0 unspecified atom stereocenters. The molecule has 0 atom stereocenters. The van der Waals surface area contributed by atoms with Gasteiger partial charge in [0.2, 0.25) is 0 Å². The Morgan fingerprint density at radius 1 is 1.04 bits per heavy atom. The summed E-state index contributed by atoms with van der Waals surface area (Å²) in [7, 11) is 1.34. The van der Waals surface area contributed by atoms with Gasteiger partial charge >= 0.3 is 5.97 Å². The van der Waals surface area contributed by atoms with Crippen molar-refractivity contribution in [2.75, 3.05) is 23.5 Å². The molecule has 0 spiro atoms. The molecule has 0 bridgehead atoms. The summed E-state index contributed by atoms with van der Waals surface area (Å²) < 4.78 is 4.68. The van der Waals surface area contributed by atoms with E-state index in [1.807, 2.05) is 12.1 Å². The highest BCUT2D eigenvalue weighted by Crippen LogP contribution is 2.28. The molecule has 3 rings (SSSR count). The molecule has 1 heterocycles. The number of ether oxygens (including phenoxy) is 1. The maximum Gasteiger partial charge on any atom is 0.337 e. The minimum atomic E-state index is -0.397. The number of nitrogen functional groups attached to an aromatic ring is 1. The van der Waals surface area contributed by atoms with Gasteiger partial charge in [0.05, 0.1) is 12.7 Å². The van der Waals surface area contributed by atoms with E-state index in [4.69, 9.17) is 17.3 Å². The van der Waals surface area contributed by atoms with E-state index in [0.717, 1.165) is 11.4 Å². The van der Waals surface area contributed by atoms with Crippen LogP contribution in [0.3, 0.4) is 0 Å². The number of anilines is 5. The number of nitrogens with zero attached hydrogens (tertiary/aromatic N) is 2. The zero-order valence-electron chi connectivity index (χ0n) is 13.9. The molecule has 3 aromatic rings. The standard InChI is InChI=1S/C18H16ClN5O2/c1-26-18(25)11-5-7-13(8-6-11)23-16-15(20)17(22-10-21-16)24-14-4-2-3-12(19)9-14/h2-10H,20H2,1H3,(H2,21,22,23,24). The molecule has 0 saturated carbocycles. The van der Waals surface area contributed by atoms with E-state index in [1.165, 1.54) is 13.4 Å². The molecule has 0 aliphatic carbocycles. The second-order valence-corrected chi connectivity index (χ2v) is 5.75. The van der Waals surface area contributed by atoms with Crippen LogP contribution in [0.25, 0.3) is 0 Å². The van der Waals surface area contributed by atoms with Gasteiger partial charge in [0, 0.05) is 16.4 Å². The first-order valence-corrected chi connectivity index (χ1v) is 8.03. The first-order chi connectivity index (χ1) is 12.6. The summed E-state index contributed by atoms with van der Waals surface area (Å²) in [4.78, 5) is 19.8. The molecular formula is C18H16ClN5O2. The second kappa shape index (κ2) is 7.71. The van der Waals surface area contributed by atoms with Crippen molar-refractivity contribution in [2.24, 2.45) is 0 Å². The summed E-state index contributed by atoms with van der Waals surface area (Å²) in [6, 6.07) is 14.0. The van der Waals surface area contributed by atoms with Crippen LogP contribution >= 0.6 is 11.6 Å². The third-order valence-electron chi connectivity index (χ3n) is 3.54. The number of carbonyl (C=O) groups is 1. The van der Waals surface area contributed by atoms with E-state index in [2.05, 4.69) is 25.3 Å². The molecule has 0 aliphatic rings. The molecule has 1 aromatic heterocycles. The number of benzene rings is 2. The Hall–Kier alpha value is -3.32. The fraction of sp³-hybridized carbons (Fsp3) is 0.0556. The maximum atomic E-state index is 11.5. The molecule has 7 nitrogen and oxygen atoms in total. The van der Waals surface area contributed by atoms with E-state index in [-0.39, 0.29) is 0 Å². The van der Waals surface area contributed by atoms with Crippen LogP contribution in [-0.2, 0) is 4.74 Å². The number of halogens is 1. The fourth-order valence-electron chi connectivity index (χ4n) is 2.24. The first kappa shape index (κ1) is 17.5. The highest BCUT2D eigenvalue weighted by atomic mass is 35.5. The van der Waals surface area contributed by atoms with Crippen molar-refractivity contribution in [1.29, 1.82) is 0 Å². The van der Waals surface area contributed by atoms with Gasteiger partial charge in [-0.3, -0.25) is 0 Å². The normalized spacial score (nSPS) is 10.2. The number of aromatic nitrogens is 2. The summed E-state index contributed by atoms with van der Waals surface area (Å²) in [5, 5.41) is 6.81. The molecule has 132 valence electrons. The Bertz CT molecular complexity index is 931. The summed E-state index contributed by atoms with van der Waals surface area (Å²) in [6.07, 6.45) is 1.40. The number of nitrogens with two attached hydrogens (primary N) is 1. The van der Waals surface area contributed by atoms with Crippen LogP contribution in [0.1, 0.15) is 10.4 Å². The van der Waals surface area contributed by atoms with Crippen LogP contribution in [0.15, 0.2) is 54.9 Å². The number of methoxy groups -OCH3 is 1. The van der Waals surface area contributed by atoms with Crippen molar-refractivity contribution < 1.29 is 9.53 Å². The molecular weight excluding hydrogens is 354 g/mol. The number of nitrogens with one attached hydrogen (secondary N) is 2. The Labute approximate surface area is 155 Å². The van der Waals surface area contributed by atoms with E-state index in [9.17, 15) is 4.79 Å². The predicted molar refractivity (Wildman–Crippen MR) is 102 cm³/mol. The van der Waals surface area contributed by atoms with Crippen molar-refractivity contribution in [3.05, 3.63) is 65.4 Å². The smallest absolute Gasteiger partial charge is 0.337 e. The number of hydrogen-bond donors (Lipinski definition) is 3. The van der Waals surface area contributed by atoms with Gasteiger partial charge < -0.3 is 21.1 Å². The number of hydrogen-bond acceptors (Lipinski definition) is 7. The van der Waals surface area contributed by atoms with Crippen molar-refractivity contribution in [3.8, 4) is 0 Å². The number of carbonyl (C=O) groups excluding carboxylic acids is 1. The molecule has 2 aromatic carbocycles. The van der Waals surface area contributed by atoms with Gasteiger partial charge in [0.25, 0.3) is 0 Å². The number of esters is 1. The minimum absolute atomic E-state index is 0.351. The SMILES string of the molecule is COC(=O)c1ccc(Nc2ncnc(Nc3cccc(Cl)c3)c2N)cc1. The van der Waals surface area contributed by atoms with Crippen molar-refractivity contribution >= 4 is 46.3 Å². The van der Waals surface area contributed by atoms with Crippen molar-refractivity contribution in [3.63, 3.8) is 0 Å². The molecule has 0 radical (unpaired) electrons. The van der Waals surface area contributed by atoms with E-state index in [0.29, 0.717) is 27.9 Å². The van der Waals surface area contributed by atoms with Crippen LogP contribution in [0, 0.1) is 0 Å². The van der Waals surface area contributed by atoms with Crippen LogP contribution in [-0.4, -0.2) is 23.0 Å². The lowest BCUT2D eigenvalue weighted by Crippen LogP contribution is -2.05. The van der Waals surface area contributed by atoms with Crippen LogP contribution in [0.4, 0.5) is 28.7 Å². The Morgan fingerprint density at radius 2 is 1.69 bits per heavy atom. The highest BCUT2D eigenvalue weighted by Gasteiger charge is 2.10. The van der Waals surface area contributed by atoms with E-state index < -0.39 is 5.97 Å². The highest BCUT2D eigenvalue weighted by molar-refractivity contribution is 6.30. The summed E-state index contributed by atoms with van der Waals surface area (Å²) in [6.45, 7) is 0. The zero-order chi connectivity index (χ0) is 18.5. The van der Waals surface area contributed by atoms with E-state index >= 15 is 0 Å². The largest absolute Gasteiger partial charge is 0.465 e. The van der Waals surface area contributed by atoms with Crippen LogP contribution in [0.2, 0.25) is 5.02 Å². The van der Waals surface area contributed by atoms with E-state index in [1.54, 1.807) is 36.4 Å². The molecule has 0 amide bonds. The van der Waals surface area contributed by atoms with Crippen molar-refractivity contribution in [1.82, 2.24) is 9.97 Å². The summed E-state index contributed by atoms with van der Waals surface area (Å²) in [5.41, 5.74) is 8.45. The van der Waals surface area contributed by atoms with Gasteiger partial charge in [-0.1, -0.05) is 17.7 Å². The predicted octanol–water partition coefficient (Wildman–Crippen LogP) is 3.99. The molecule has 4 N–H and O–H groups in total. The average molecular weight is 370 g/mol. The molecule has 0 saturated heterocycles. The number of rotatable bonds is 5. The second-order valence-electron chi connectivity index (χ2n) is 5.31. The van der Waals surface area contributed by atoms with Crippen molar-refractivity contribution in [2.45, 2.75) is 0 Å². The van der Waals surface area contributed by atoms with Gasteiger partial charge in [-0.15, -0.1) is 0 Å². The topological polar surface area (TPSA) is 102 Å². The maximum absolute atomic E-state index is 11.5. The Morgan fingerprint density at radius 3 is 2.31 bits per heavy atom. The summed E-state index contributed by atoms with van der Waals surface area (Å²) >= 11 is 5.99. The third-order valence-corrected chi connectivity index (χ3v) is 3.78. The van der Waals surface area contributed by atoms with Gasteiger partial charge in [-0.2, -0.15) is 0 Å². The molecule has 8 heteroatoms. The Balaban J connectivity index is 1.79. The first-order valence-electron chi connectivity index (χ1n) is 7.65. The molecule has 26 heavy (non-hydrogen) atoms. The zero-order valence-corrected chi connectivity index (χ0v) is 14.6. The van der Waals surface area contributed by atoms with Gasteiger partial charge in [-0.05, 0) is 42.5 Å². The minimum Gasteiger partial charge on any atom is -0.465 e. The van der Waals surface area contributed by atoms with Gasteiger partial charge in [0.15, 0.2) is 11.6 Å². The quantitative estimate of drug-likeness (QED) is 0.584. The molecule has 0 fully saturated rings. The van der Waals surface area contributed by atoms with Crippen LogP contribution in [0.5, 0.6) is 0 Å². The monoisotopic (exact) mass is 369 g/mol. The van der Waals surface area contributed by atoms with Gasteiger partial charge in [-0.25, -0.2) is 14.8 Å². The summed E-state index contributed by atoms with van der Waals surface area (Å²) in [5.74, 6) is 0.498. The average Bonchev–Trinajstić information content (AvgIpc) is 2.65. The third kappa shape index (κ3) is 4.01. The van der Waals surface area contributed by atoms with Gasteiger partial charge in [0.1, 0.15) is 12.0 Å². The Kier molecular flexibility index (Phi) is 5.19. The molecule has 0 aliphatic heterocycles.